The number of hydrogen-bond donors (Lipinski definition) is 2. The minimum absolute atomic E-state index is 0.218. The number of rotatable bonds is 6. The van der Waals surface area contributed by atoms with E-state index < -0.39 is 0 Å². The molecule has 17 heavy (non-hydrogen) atoms. The Morgan fingerprint density at radius 2 is 2.29 bits per heavy atom. The predicted molar refractivity (Wildman–Crippen MR) is 67.8 cm³/mol. The van der Waals surface area contributed by atoms with Gasteiger partial charge in [0.15, 0.2) is 0 Å². The topological polar surface area (TPSA) is 72.9 Å². The van der Waals surface area contributed by atoms with Crippen molar-refractivity contribution in [3.63, 3.8) is 0 Å². The van der Waals surface area contributed by atoms with Gasteiger partial charge >= 0.3 is 0 Å². The molecule has 0 aliphatic rings. The first kappa shape index (κ1) is 14.0. The fraction of sp³-hybridized carbons (Fsp3) is 0.636. The Hall–Kier alpha value is -1.07. The molecule has 5 nitrogen and oxygen atoms in total. The Kier molecular flexibility index (Phi) is 4.96. The number of carbonyl (C=O) groups is 1. The zero-order valence-corrected chi connectivity index (χ0v) is 11.2. The van der Waals surface area contributed by atoms with E-state index >= 15 is 0 Å². The summed E-state index contributed by atoms with van der Waals surface area (Å²) in [5, 5.41) is 7.98. The summed E-state index contributed by atoms with van der Waals surface area (Å²) in [5.74, 6) is -0.339. The lowest BCUT2D eigenvalue weighted by molar-refractivity contribution is -0.120. The van der Waals surface area contributed by atoms with Gasteiger partial charge in [0.25, 0.3) is 0 Å². The van der Waals surface area contributed by atoms with Crippen LogP contribution in [0.2, 0.25) is 5.02 Å². The lowest BCUT2D eigenvalue weighted by Gasteiger charge is -2.17. The third-order valence-corrected chi connectivity index (χ3v) is 2.78. The van der Waals surface area contributed by atoms with Crippen LogP contribution in [-0.4, -0.2) is 27.8 Å². The minimum Gasteiger partial charge on any atom is -0.368 e. The number of nitrogens with zero attached hydrogens (tertiary/aromatic N) is 2. The lowest BCUT2D eigenvalue weighted by Crippen LogP contribution is -2.45. The largest absolute Gasteiger partial charge is 0.368 e. The molecule has 0 spiro atoms. The highest BCUT2D eigenvalue weighted by molar-refractivity contribution is 6.31. The van der Waals surface area contributed by atoms with Gasteiger partial charge in [-0.2, -0.15) is 5.10 Å². The third kappa shape index (κ3) is 4.36. The van der Waals surface area contributed by atoms with Crippen LogP contribution in [0.3, 0.4) is 0 Å². The molecule has 0 aliphatic carbocycles. The molecule has 0 fully saturated rings. The zero-order chi connectivity index (χ0) is 13.0. The summed E-state index contributed by atoms with van der Waals surface area (Å²) in [6.45, 7) is 6.41. The van der Waals surface area contributed by atoms with Crippen molar-refractivity contribution in [3.8, 4) is 0 Å². The average Bonchev–Trinajstić information content (AvgIpc) is 2.52. The van der Waals surface area contributed by atoms with Gasteiger partial charge in [0, 0.05) is 18.8 Å². The molecule has 1 aromatic rings. The number of amides is 1. The van der Waals surface area contributed by atoms with E-state index in [2.05, 4.69) is 10.4 Å². The molecule has 3 N–H and O–H groups in total. The summed E-state index contributed by atoms with van der Waals surface area (Å²) in [5.41, 5.74) is 6.12. The van der Waals surface area contributed by atoms with Crippen molar-refractivity contribution in [3.05, 3.63) is 16.9 Å². The standard InChI is InChI=1S/C11H19ClN4O/c1-7(2)14-10(11(13)17)4-5-16-6-9(12)8(3)15-16/h6-7,10,14H,4-5H2,1-3H3,(H2,13,17). The van der Waals surface area contributed by atoms with E-state index in [9.17, 15) is 4.79 Å². The Morgan fingerprint density at radius 3 is 2.71 bits per heavy atom. The van der Waals surface area contributed by atoms with Gasteiger partial charge in [-0.05, 0) is 13.3 Å². The second-order valence-electron chi connectivity index (χ2n) is 4.39. The number of halogens is 1. The molecule has 1 heterocycles. The Bertz CT molecular complexity index is 369. The summed E-state index contributed by atoms with van der Waals surface area (Å²) < 4.78 is 1.73. The van der Waals surface area contributed by atoms with E-state index in [0.29, 0.717) is 18.0 Å². The maximum Gasteiger partial charge on any atom is 0.234 e. The first-order chi connectivity index (χ1) is 7.90. The Morgan fingerprint density at radius 1 is 1.65 bits per heavy atom. The minimum atomic E-state index is -0.339. The summed E-state index contributed by atoms with van der Waals surface area (Å²) in [7, 11) is 0. The van der Waals surface area contributed by atoms with Crippen LogP contribution in [0.15, 0.2) is 6.20 Å². The van der Waals surface area contributed by atoms with Gasteiger partial charge < -0.3 is 11.1 Å². The Balaban J connectivity index is 2.54. The summed E-state index contributed by atoms with van der Waals surface area (Å²) in [6, 6.07) is -0.117. The van der Waals surface area contributed by atoms with Crippen molar-refractivity contribution in [2.24, 2.45) is 5.73 Å². The van der Waals surface area contributed by atoms with Crippen LogP contribution in [0.5, 0.6) is 0 Å². The van der Waals surface area contributed by atoms with Crippen molar-refractivity contribution < 1.29 is 4.79 Å². The monoisotopic (exact) mass is 258 g/mol. The van der Waals surface area contributed by atoms with Gasteiger partial charge in [-0.15, -0.1) is 0 Å². The molecule has 6 heteroatoms. The summed E-state index contributed by atoms with van der Waals surface area (Å²) >= 11 is 5.90. The second-order valence-corrected chi connectivity index (χ2v) is 4.80. The molecular formula is C11H19ClN4O. The SMILES string of the molecule is Cc1nn(CCC(NC(C)C)C(N)=O)cc1Cl. The van der Waals surface area contributed by atoms with Gasteiger partial charge in [0.2, 0.25) is 5.91 Å². The molecule has 1 rings (SSSR count). The molecule has 0 bridgehead atoms. The molecule has 1 unspecified atom stereocenters. The molecule has 1 aromatic heterocycles. The quantitative estimate of drug-likeness (QED) is 0.802. The molecule has 0 radical (unpaired) electrons. The number of nitrogens with two attached hydrogens (primary N) is 1. The number of hydrogen-bond acceptors (Lipinski definition) is 3. The third-order valence-electron chi connectivity index (χ3n) is 2.41. The maximum atomic E-state index is 11.2. The van der Waals surface area contributed by atoms with E-state index in [1.54, 1.807) is 10.9 Å². The molecule has 1 atom stereocenters. The smallest absolute Gasteiger partial charge is 0.234 e. The predicted octanol–water partition coefficient (Wildman–Crippen LogP) is 1.09. The molecule has 96 valence electrons. The highest BCUT2D eigenvalue weighted by Gasteiger charge is 2.16. The van der Waals surface area contributed by atoms with Crippen LogP contribution in [0, 0.1) is 6.92 Å². The molecule has 0 saturated heterocycles. The van der Waals surface area contributed by atoms with Crippen molar-refractivity contribution in [1.82, 2.24) is 15.1 Å². The lowest BCUT2D eigenvalue weighted by atomic mass is 10.1. The number of aryl methyl sites for hydroxylation is 2. The molecule has 0 aromatic carbocycles. The normalized spacial score (nSPS) is 13.0. The molecule has 1 amide bonds. The fourth-order valence-corrected chi connectivity index (χ4v) is 1.73. The van der Waals surface area contributed by atoms with Crippen molar-refractivity contribution in [1.29, 1.82) is 0 Å². The highest BCUT2D eigenvalue weighted by Crippen LogP contribution is 2.12. The number of primary amides is 1. The average molecular weight is 259 g/mol. The number of nitrogens with one attached hydrogen (secondary N) is 1. The van der Waals surface area contributed by atoms with Crippen LogP contribution in [0.25, 0.3) is 0 Å². The summed E-state index contributed by atoms with van der Waals surface area (Å²) in [4.78, 5) is 11.2. The molecule has 0 saturated carbocycles. The first-order valence-corrected chi connectivity index (χ1v) is 6.03. The maximum absolute atomic E-state index is 11.2. The molecule has 0 aliphatic heterocycles. The summed E-state index contributed by atoms with van der Waals surface area (Å²) in [6.07, 6.45) is 2.36. The van der Waals surface area contributed by atoms with Gasteiger partial charge in [-0.1, -0.05) is 25.4 Å². The van der Waals surface area contributed by atoms with Crippen molar-refractivity contribution in [2.45, 2.75) is 45.8 Å². The molecular weight excluding hydrogens is 240 g/mol. The van der Waals surface area contributed by atoms with Crippen molar-refractivity contribution in [2.75, 3.05) is 0 Å². The number of aromatic nitrogens is 2. The fourth-order valence-electron chi connectivity index (χ4n) is 1.58. The van der Waals surface area contributed by atoms with E-state index in [1.165, 1.54) is 0 Å². The number of carbonyl (C=O) groups excluding carboxylic acids is 1. The van der Waals surface area contributed by atoms with E-state index in [0.717, 1.165) is 5.69 Å². The first-order valence-electron chi connectivity index (χ1n) is 5.65. The Labute approximate surface area is 106 Å². The van der Waals surface area contributed by atoms with Crippen LogP contribution in [-0.2, 0) is 11.3 Å². The second kappa shape index (κ2) is 6.02. The van der Waals surface area contributed by atoms with Gasteiger partial charge in [0.1, 0.15) is 0 Å². The van der Waals surface area contributed by atoms with E-state index in [1.807, 2.05) is 20.8 Å². The van der Waals surface area contributed by atoms with Crippen LogP contribution in [0.4, 0.5) is 0 Å². The van der Waals surface area contributed by atoms with Gasteiger partial charge in [-0.3, -0.25) is 9.48 Å². The van der Waals surface area contributed by atoms with E-state index in [-0.39, 0.29) is 18.0 Å². The van der Waals surface area contributed by atoms with Crippen LogP contribution >= 0.6 is 11.6 Å². The van der Waals surface area contributed by atoms with Gasteiger partial charge in [-0.25, -0.2) is 0 Å². The zero-order valence-electron chi connectivity index (χ0n) is 10.4. The van der Waals surface area contributed by atoms with Crippen LogP contribution < -0.4 is 11.1 Å². The van der Waals surface area contributed by atoms with E-state index in [4.69, 9.17) is 17.3 Å². The van der Waals surface area contributed by atoms with Crippen molar-refractivity contribution >= 4 is 17.5 Å². The highest BCUT2D eigenvalue weighted by atomic mass is 35.5. The van der Waals surface area contributed by atoms with Gasteiger partial charge in [0.05, 0.1) is 16.8 Å². The van der Waals surface area contributed by atoms with Crippen LogP contribution in [0.1, 0.15) is 26.0 Å².